The summed E-state index contributed by atoms with van der Waals surface area (Å²) in [4.78, 5) is 26.7. The first-order valence-electron chi connectivity index (χ1n) is 7.14. The standard InChI is InChI=1S/C15H17ClN2O3/c16-12-8-11(3-4-13(12)17-5-1-2-6-17)18-9-10(15(20)21)7-14(18)19/h3-4,8,10H,1-2,5-7,9H2,(H,20,21)/t10-/m1/s1. The molecule has 112 valence electrons. The minimum absolute atomic E-state index is 0.0564. The average molecular weight is 309 g/mol. The Morgan fingerprint density at radius 1 is 1.29 bits per heavy atom. The number of carbonyl (C=O) groups is 2. The van der Waals surface area contributed by atoms with Crippen LogP contribution in [0.3, 0.4) is 0 Å². The van der Waals surface area contributed by atoms with Gasteiger partial charge in [-0.1, -0.05) is 11.6 Å². The van der Waals surface area contributed by atoms with Crippen LogP contribution >= 0.6 is 11.6 Å². The van der Waals surface area contributed by atoms with E-state index in [1.54, 1.807) is 6.07 Å². The summed E-state index contributed by atoms with van der Waals surface area (Å²) in [6.45, 7) is 2.22. The molecule has 5 nitrogen and oxygen atoms in total. The van der Waals surface area contributed by atoms with E-state index in [0.717, 1.165) is 18.8 Å². The number of hydrogen-bond donors (Lipinski definition) is 1. The van der Waals surface area contributed by atoms with Gasteiger partial charge in [-0.25, -0.2) is 0 Å². The molecule has 1 amide bonds. The van der Waals surface area contributed by atoms with Crippen LogP contribution in [0.25, 0.3) is 0 Å². The number of hydrogen-bond acceptors (Lipinski definition) is 3. The number of halogens is 1. The molecule has 1 atom stereocenters. The fourth-order valence-corrected chi connectivity index (χ4v) is 3.30. The highest BCUT2D eigenvalue weighted by Crippen LogP contribution is 2.34. The molecule has 2 aliphatic rings. The van der Waals surface area contributed by atoms with Crippen molar-refractivity contribution in [1.82, 2.24) is 0 Å². The minimum atomic E-state index is -0.925. The molecule has 1 aromatic carbocycles. The number of carboxylic acids is 1. The van der Waals surface area contributed by atoms with Gasteiger partial charge in [-0.3, -0.25) is 9.59 Å². The van der Waals surface area contributed by atoms with Crippen molar-refractivity contribution in [2.24, 2.45) is 5.92 Å². The number of aliphatic carboxylic acids is 1. The van der Waals surface area contributed by atoms with Crippen LogP contribution in [0, 0.1) is 5.92 Å². The highest BCUT2D eigenvalue weighted by atomic mass is 35.5. The lowest BCUT2D eigenvalue weighted by Gasteiger charge is -2.22. The second-order valence-electron chi connectivity index (χ2n) is 5.57. The maximum Gasteiger partial charge on any atom is 0.308 e. The fourth-order valence-electron chi connectivity index (χ4n) is 3.00. The predicted molar refractivity (Wildman–Crippen MR) is 81.0 cm³/mol. The second-order valence-corrected chi connectivity index (χ2v) is 5.98. The molecule has 3 rings (SSSR count). The first kappa shape index (κ1) is 14.2. The van der Waals surface area contributed by atoms with Gasteiger partial charge >= 0.3 is 5.97 Å². The van der Waals surface area contributed by atoms with E-state index in [2.05, 4.69) is 4.90 Å². The summed E-state index contributed by atoms with van der Waals surface area (Å²) in [7, 11) is 0. The van der Waals surface area contributed by atoms with E-state index in [1.807, 2.05) is 12.1 Å². The van der Waals surface area contributed by atoms with Crippen molar-refractivity contribution in [2.45, 2.75) is 19.3 Å². The van der Waals surface area contributed by atoms with E-state index in [1.165, 1.54) is 17.7 Å². The van der Waals surface area contributed by atoms with Gasteiger partial charge in [0, 0.05) is 31.7 Å². The Bertz CT molecular complexity index is 584. The number of nitrogens with zero attached hydrogens (tertiary/aromatic N) is 2. The number of benzene rings is 1. The Kier molecular flexibility index (Phi) is 3.76. The van der Waals surface area contributed by atoms with Crippen molar-refractivity contribution >= 4 is 34.9 Å². The van der Waals surface area contributed by atoms with Crippen molar-refractivity contribution < 1.29 is 14.7 Å². The molecular weight excluding hydrogens is 292 g/mol. The maximum absolute atomic E-state index is 12.0. The normalized spacial score (nSPS) is 22.1. The molecule has 0 unspecified atom stereocenters. The zero-order valence-corrected chi connectivity index (χ0v) is 12.3. The van der Waals surface area contributed by atoms with Gasteiger partial charge < -0.3 is 14.9 Å². The Labute approximate surface area is 128 Å². The quantitative estimate of drug-likeness (QED) is 0.931. The molecule has 0 radical (unpaired) electrons. The monoisotopic (exact) mass is 308 g/mol. The average Bonchev–Trinajstić information content (AvgIpc) is 3.07. The van der Waals surface area contributed by atoms with Crippen molar-refractivity contribution in [3.8, 4) is 0 Å². The molecule has 1 aromatic rings. The summed E-state index contributed by atoms with van der Waals surface area (Å²) in [6.07, 6.45) is 2.40. The summed E-state index contributed by atoms with van der Waals surface area (Å²) in [5, 5.41) is 9.64. The SMILES string of the molecule is O=C(O)[C@@H]1CC(=O)N(c2ccc(N3CCCC3)c(Cl)c2)C1. The van der Waals surface area contributed by atoms with Crippen LogP contribution in [-0.2, 0) is 9.59 Å². The number of anilines is 2. The summed E-state index contributed by atoms with van der Waals surface area (Å²) >= 11 is 6.34. The van der Waals surface area contributed by atoms with Gasteiger partial charge in [0.15, 0.2) is 0 Å². The van der Waals surface area contributed by atoms with Gasteiger partial charge in [0.05, 0.1) is 16.6 Å². The van der Waals surface area contributed by atoms with Crippen LogP contribution in [0.5, 0.6) is 0 Å². The molecule has 0 spiro atoms. The Morgan fingerprint density at radius 3 is 2.57 bits per heavy atom. The third-order valence-electron chi connectivity index (χ3n) is 4.16. The molecule has 0 bridgehead atoms. The van der Waals surface area contributed by atoms with E-state index in [4.69, 9.17) is 16.7 Å². The molecule has 2 fully saturated rings. The third-order valence-corrected chi connectivity index (χ3v) is 4.47. The van der Waals surface area contributed by atoms with E-state index >= 15 is 0 Å². The zero-order chi connectivity index (χ0) is 15.0. The van der Waals surface area contributed by atoms with Gasteiger partial charge in [-0.05, 0) is 31.0 Å². The lowest BCUT2D eigenvalue weighted by Crippen LogP contribution is -2.26. The summed E-state index contributed by atoms with van der Waals surface area (Å²) in [5.74, 6) is -1.72. The lowest BCUT2D eigenvalue weighted by molar-refractivity contribution is -0.141. The first-order valence-corrected chi connectivity index (χ1v) is 7.52. The Morgan fingerprint density at radius 2 is 2.00 bits per heavy atom. The topological polar surface area (TPSA) is 60.9 Å². The van der Waals surface area contributed by atoms with Crippen LogP contribution in [-0.4, -0.2) is 36.6 Å². The molecule has 0 aromatic heterocycles. The highest BCUT2D eigenvalue weighted by Gasteiger charge is 2.35. The summed E-state index contributed by atoms with van der Waals surface area (Å²) in [5.41, 5.74) is 1.66. The predicted octanol–water partition coefficient (Wildman–Crippen LogP) is 2.38. The molecule has 0 aliphatic carbocycles. The van der Waals surface area contributed by atoms with Crippen LogP contribution in [0.15, 0.2) is 18.2 Å². The molecular formula is C15H17ClN2O3. The molecule has 2 saturated heterocycles. The third kappa shape index (κ3) is 2.70. The molecule has 2 heterocycles. The number of amides is 1. The van der Waals surface area contributed by atoms with Crippen molar-refractivity contribution in [2.75, 3.05) is 29.4 Å². The smallest absolute Gasteiger partial charge is 0.308 e. The first-order chi connectivity index (χ1) is 10.1. The van der Waals surface area contributed by atoms with Gasteiger partial charge in [0.1, 0.15) is 0 Å². The largest absolute Gasteiger partial charge is 0.481 e. The number of carboxylic acid groups (broad SMARTS) is 1. The van der Waals surface area contributed by atoms with E-state index in [9.17, 15) is 9.59 Å². The maximum atomic E-state index is 12.0. The molecule has 0 saturated carbocycles. The molecule has 2 aliphatic heterocycles. The van der Waals surface area contributed by atoms with Crippen LogP contribution in [0.1, 0.15) is 19.3 Å². The van der Waals surface area contributed by atoms with Gasteiger partial charge in [0.25, 0.3) is 0 Å². The molecule has 1 N–H and O–H groups in total. The van der Waals surface area contributed by atoms with E-state index in [0.29, 0.717) is 10.7 Å². The van der Waals surface area contributed by atoms with E-state index in [-0.39, 0.29) is 18.9 Å². The number of rotatable bonds is 3. The van der Waals surface area contributed by atoms with Crippen LogP contribution in [0.2, 0.25) is 5.02 Å². The summed E-state index contributed by atoms with van der Waals surface area (Å²) in [6, 6.07) is 5.53. The molecule has 6 heteroatoms. The summed E-state index contributed by atoms with van der Waals surface area (Å²) < 4.78 is 0. The minimum Gasteiger partial charge on any atom is -0.481 e. The van der Waals surface area contributed by atoms with Gasteiger partial charge in [0.2, 0.25) is 5.91 Å². The number of carbonyl (C=O) groups excluding carboxylic acids is 1. The van der Waals surface area contributed by atoms with Crippen molar-refractivity contribution in [1.29, 1.82) is 0 Å². The van der Waals surface area contributed by atoms with Gasteiger partial charge in [-0.2, -0.15) is 0 Å². The lowest BCUT2D eigenvalue weighted by atomic mass is 10.1. The second kappa shape index (κ2) is 5.56. The van der Waals surface area contributed by atoms with Gasteiger partial charge in [-0.15, -0.1) is 0 Å². The van der Waals surface area contributed by atoms with Crippen LogP contribution < -0.4 is 9.80 Å². The highest BCUT2D eigenvalue weighted by molar-refractivity contribution is 6.33. The van der Waals surface area contributed by atoms with Crippen molar-refractivity contribution in [3.05, 3.63) is 23.2 Å². The van der Waals surface area contributed by atoms with E-state index < -0.39 is 11.9 Å². The van der Waals surface area contributed by atoms with Crippen LogP contribution in [0.4, 0.5) is 11.4 Å². The Balaban J connectivity index is 1.82. The Hall–Kier alpha value is -1.75. The molecule has 21 heavy (non-hydrogen) atoms. The van der Waals surface area contributed by atoms with Crippen molar-refractivity contribution in [3.63, 3.8) is 0 Å². The fraction of sp³-hybridized carbons (Fsp3) is 0.467. The zero-order valence-electron chi connectivity index (χ0n) is 11.6.